The molecule has 0 radical (unpaired) electrons. The molecule has 4 nitrogen and oxygen atoms in total. The minimum Gasteiger partial charge on any atom is -0.427 e. The highest BCUT2D eigenvalue weighted by atomic mass is 16.4. The number of rotatable bonds is 5. The molecule has 14 heavy (non-hydrogen) atoms. The summed E-state index contributed by atoms with van der Waals surface area (Å²) in [4.78, 5) is 0. The zero-order valence-electron chi connectivity index (χ0n) is 8.82. The number of nitrogens with one attached hydrogen (secondary N) is 1. The molecule has 0 aromatic carbocycles. The van der Waals surface area contributed by atoms with Gasteiger partial charge in [-0.2, -0.15) is 0 Å². The Morgan fingerprint density at radius 2 is 2.21 bits per heavy atom. The van der Waals surface area contributed by atoms with Crippen molar-refractivity contribution in [2.24, 2.45) is 11.7 Å². The standard InChI is InChI=1S/C9H21BN2O2/c1-7-8(3-2-4-10(13)14)5-9(6-11)12-7/h7-9,12-14H,2-6,11H2,1H3/t7-,8-,9+/m1/s1. The van der Waals surface area contributed by atoms with Crippen molar-refractivity contribution >= 4 is 7.12 Å². The van der Waals surface area contributed by atoms with Crippen molar-refractivity contribution in [1.29, 1.82) is 0 Å². The van der Waals surface area contributed by atoms with E-state index >= 15 is 0 Å². The maximum Gasteiger partial charge on any atom is 0.451 e. The van der Waals surface area contributed by atoms with Gasteiger partial charge in [0.1, 0.15) is 0 Å². The smallest absolute Gasteiger partial charge is 0.427 e. The molecule has 3 atom stereocenters. The summed E-state index contributed by atoms with van der Waals surface area (Å²) in [6, 6.07) is 0.966. The van der Waals surface area contributed by atoms with E-state index in [1.54, 1.807) is 0 Å². The van der Waals surface area contributed by atoms with Gasteiger partial charge in [0.15, 0.2) is 0 Å². The van der Waals surface area contributed by atoms with Crippen molar-refractivity contribution in [2.75, 3.05) is 6.54 Å². The predicted molar refractivity (Wildman–Crippen MR) is 57.8 cm³/mol. The molecule has 5 N–H and O–H groups in total. The third-order valence-electron chi connectivity index (χ3n) is 3.11. The molecule has 0 bridgehead atoms. The Labute approximate surface area is 86.0 Å². The molecule has 1 saturated heterocycles. The Balaban J connectivity index is 2.18. The van der Waals surface area contributed by atoms with E-state index in [9.17, 15) is 0 Å². The highest BCUT2D eigenvalue weighted by Gasteiger charge is 2.29. The Hall–Kier alpha value is -0.0951. The van der Waals surface area contributed by atoms with Gasteiger partial charge >= 0.3 is 7.12 Å². The highest BCUT2D eigenvalue weighted by Crippen LogP contribution is 2.25. The van der Waals surface area contributed by atoms with Gasteiger partial charge in [0, 0.05) is 18.6 Å². The van der Waals surface area contributed by atoms with E-state index in [0.29, 0.717) is 30.9 Å². The van der Waals surface area contributed by atoms with E-state index in [2.05, 4.69) is 12.2 Å². The molecular formula is C9H21BN2O2. The average Bonchev–Trinajstić information content (AvgIpc) is 2.47. The van der Waals surface area contributed by atoms with Crippen LogP contribution in [-0.4, -0.2) is 35.8 Å². The van der Waals surface area contributed by atoms with Crippen LogP contribution in [0.1, 0.15) is 26.2 Å². The van der Waals surface area contributed by atoms with Crippen LogP contribution in [0, 0.1) is 5.92 Å². The fraction of sp³-hybridized carbons (Fsp3) is 1.00. The summed E-state index contributed by atoms with van der Waals surface area (Å²) >= 11 is 0. The topological polar surface area (TPSA) is 78.5 Å². The summed E-state index contributed by atoms with van der Waals surface area (Å²) in [5.74, 6) is 0.641. The van der Waals surface area contributed by atoms with Gasteiger partial charge in [-0.1, -0.05) is 6.42 Å². The highest BCUT2D eigenvalue weighted by molar-refractivity contribution is 6.40. The van der Waals surface area contributed by atoms with Gasteiger partial charge in [0.05, 0.1) is 0 Å². The lowest BCUT2D eigenvalue weighted by atomic mass is 9.81. The van der Waals surface area contributed by atoms with Crippen molar-refractivity contribution in [3.05, 3.63) is 0 Å². The normalized spacial score (nSPS) is 32.1. The van der Waals surface area contributed by atoms with Crippen molar-refractivity contribution in [3.63, 3.8) is 0 Å². The van der Waals surface area contributed by atoms with E-state index in [1.807, 2.05) is 0 Å². The zero-order valence-corrected chi connectivity index (χ0v) is 8.82. The summed E-state index contributed by atoms with van der Waals surface area (Å²) in [5.41, 5.74) is 5.59. The first kappa shape index (κ1) is 12.0. The first-order valence-corrected chi connectivity index (χ1v) is 5.45. The molecule has 1 fully saturated rings. The fourth-order valence-corrected chi connectivity index (χ4v) is 2.24. The molecule has 0 unspecified atom stereocenters. The van der Waals surface area contributed by atoms with Crippen molar-refractivity contribution < 1.29 is 10.0 Å². The Morgan fingerprint density at radius 1 is 1.50 bits per heavy atom. The van der Waals surface area contributed by atoms with Gasteiger partial charge in [0.2, 0.25) is 0 Å². The minimum absolute atomic E-state index is 0.453. The van der Waals surface area contributed by atoms with Crippen LogP contribution in [0.2, 0.25) is 6.32 Å². The maximum atomic E-state index is 8.71. The third kappa shape index (κ3) is 3.57. The van der Waals surface area contributed by atoms with Gasteiger partial charge in [-0.3, -0.25) is 0 Å². The van der Waals surface area contributed by atoms with E-state index in [1.165, 1.54) is 0 Å². The summed E-state index contributed by atoms with van der Waals surface area (Å²) in [7, 11) is -1.15. The quantitative estimate of drug-likeness (QED) is 0.454. The molecule has 1 aliphatic rings. The van der Waals surface area contributed by atoms with Gasteiger partial charge in [-0.15, -0.1) is 0 Å². The molecule has 1 aliphatic heterocycles. The molecule has 0 saturated carbocycles. The molecule has 0 aliphatic carbocycles. The van der Waals surface area contributed by atoms with Crippen LogP contribution in [0.3, 0.4) is 0 Å². The zero-order chi connectivity index (χ0) is 10.6. The molecule has 5 heteroatoms. The Kier molecular flexibility index (Phi) is 4.88. The summed E-state index contributed by atoms with van der Waals surface area (Å²) in [6.45, 7) is 2.87. The number of nitrogens with two attached hydrogens (primary N) is 1. The van der Waals surface area contributed by atoms with Crippen molar-refractivity contribution in [1.82, 2.24) is 5.32 Å². The largest absolute Gasteiger partial charge is 0.451 e. The van der Waals surface area contributed by atoms with E-state index < -0.39 is 7.12 Å². The second-order valence-corrected chi connectivity index (χ2v) is 4.30. The van der Waals surface area contributed by atoms with Gasteiger partial charge in [0.25, 0.3) is 0 Å². The molecule has 0 amide bonds. The molecular weight excluding hydrogens is 179 g/mol. The van der Waals surface area contributed by atoms with Crippen LogP contribution < -0.4 is 11.1 Å². The third-order valence-corrected chi connectivity index (χ3v) is 3.11. The van der Waals surface area contributed by atoms with Crippen LogP contribution in [-0.2, 0) is 0 Å². The van der Waals surface area contributed by atoms with E-state index in [4.69, 9.17) is 15.8 Å². The maximum absolute atomic E-state index is 8.71. The van der Waals surface area contributed by atoms with Crippen molar-refractivity contribution in [2.45, 2.75) is 44.6 Å². The molecule has 0 spiro atoms. The van der Waals surface area contributed by atoms with Gasteiger partial charge in [-0.25, -0.2) is 0 Å². The van der Waals surface area contributed by atoms with Crippen LogP contribution in [0.4, 0.5) is 0 Å². The lowest BCUT2D eigenvalue weighted by Crippen LogP contribution is -2.33. The predicted octanol–water partition coefficient (Wildman–Crippen LogP) is -0.435. The number of hydrogen-bond donors (Lipinski definition) is 4. The van der Waals surface area contributed by atoms with Crippen molar-refractivity contribution in [3.8, 4) is 0 Å². The summed E-state index contributed by atoms with van der Waals surface area (Å²) in [6.07, 6.45) is 3.55. The first-order chi connectivity index (χ1) is 6.63. The number of hydrogen-bond acceptors (Lipinski definition) is 4. The molecule has 0 aromatic rings. The van der Waals surface area contributed by atoms with Gasteiger partial charge in [-0.05, 0) is 32.0 Å². The fourth-order valence-electron chi connectivity index (χ4n) is 2.24. The monoisotopic (exact) mass is 200 g/mol. The Bertz CT molecular complexity index is 169. The Morgan fingerprint density at radius 3 is 2.71 bits per heavy atom. The molecule has 1 heterocycles. The van der Waals surface area contributed by atoms with Crippen LogP contribution in [0.15, 0.2) is 0 Å². The molecule has 0 aromatic heterocycles. The SMILES string of the molecule is C[C@H]1N[C@H](CN)C[C@H]1CCCB(O)O. The lowest BCUT2D eigenvalue weighted by Gasteiger charge is -2.13. The summed E-state index contributed by atoms with van der Waals surface area (Å²) in [5, 5.41) is 20.9. The van der Waals surface area contributed by atoms with Crippen LogP contribution in [0.25, 0.3) is 0 Å². The first-order valence-electron chi connectivity index (χ1n) is 5.45. The van der Waals surface area contributed by atoms with Gasteiger partial charge < -0.3 is 21.1 Å². The lowest BCUT2D eigenvalue weighted by molar-refractivity contribution is 0.389. The average molecular weight is 200 g/mol. The van der Waals surface area contributed by atoms with E-state index in [0.717, 1.165) is 19.3 Å². The minimum atomic E-state index is -1.15. The van der Waals surface area contributed by atoms with E-state index in [-0.39, 0.29) is 0 Å². The summed E-state index contributed by atoms with van der Waals surface area (Å²) < 4.78 is 0. The second-order valence-electron chi connectivity index (χ2n) is 4.30. The molecule has 82 valence electrons. The molecule has 1 rings (SSSR count). The van der Waals surface area contributed by atoms with Crippen LogP contribution >= 0.6 is 0 Å². The van der Waals surface area contributed by atoms with Crippen LogP contribution in [0.5, 0.6) is 0 Å². The second kappa shape index (κ2) is 5.71.